The number of carbonyl (C=O) groups is 1. The van der Waals surface area contributed by atoms with Crippen LogP contribution in [0.2, 0.25) is 0 Å². The summed E-state index contributed by atoms with van der Waals surface area (Å²) >= 11 is 1.24. The zero-order chi connectivity index (χ0) is 13.3. The Kier molecular flexibility index (Phi) is 3.38. The zero-order valence-corrected chi connectivity index (χ0v) is 11.2. The number of nitrogens with zero attached hydrogens (tertiary/aromatic N) is 1. The number of methoxy groups -OCH3 is 1. The Morgan fingerprint density at radius 2 is 2.22 bits per heavy atom. The number of pyridine rings is 1. The van der Waals surface area contributed by atoms with Crippen molar-refractivity contribution in [2.45, 2.75) is 20.0 Å². The Balaban J connectivity index is 2.60. The van der Waals surface area contributed by atoms with Crippen molar-refractivity contribution in [3.8, 4) is 5.75 Å². The lowest BCUT2D eigenvalue weighted by Gasteiger charge is -2.09. The van der Waals surface area contributed by atoms with Crippen LogP contribution in [0.5, 0.6) is 5.75 Å². The molecular formula is C12H14N2O3S. The van der Waals surface area contributed by atoms with Crippen LogP contribution in [0.25, 0.3) is 10.2 Å². The molecule has 2 heterocycles. The van der Waals surface area contributed by atoms with Gasteiger partial charge in [-0.3, -0.25) is 4.98 Å². The minimum absolute atomic E-state index is 0.0421. The van der Waals surface area contributed by atoms with Crippen LogP contribution in [0.4, 0.5) is 5.69 Å². The van der Waals surface area contributed by atoms with E-state index in [0.717, 1.165) is 4.70 Å². The van der Waals surface area contributed by atoms with Gasteiger partial charge in [-0.2, -0.15) is 0 Å². The molecule has 0 spiro atoms. The molecule has 0 unspecified atom stereocenters. The van der Waals surface area contributed by atoms with Gasteiger partial charge in [0, 0.05) is 6.20 Å². The lowest BCUT2D eigenvalue weighted by atomic mass is 10.3. The molecule has 0 amide bonds. The van der Waals surface area contributed by atoms with Gasteiger partial charge in [-0.25, -0.2) is 4.79 Å². The molecule has 0 bridgehead atoms. The van der Waals surface area contributed by atoms with Crippen molar-refractivity contribution in [3.05, 3.63) is 17.1 Å². The quantitative estimate of drug-likeness (QED) is 0.864. The maximum absolute atomic E-state index is 11.6. The third-order valence-electron chi connectivity index (χ3n) is 2.31. The summed E-state index contributed by atoms with van der Waals surface area (Å²) in [6.45, 7) is 3.87. The normalized spacial score (nSPS) is 10.9. The second kappa shape index (κ2) is 4.81. The average molecular weight is 266 g/mol. The number of carbonyl (C=O) groups excluding carboxylic acids is 1. The van der Waals surface area contributed by atoms with Crippen molar-refractivity contribution in [2.24, 2.45) is 0 Å². The summed E-state index contributed by atoms with van der Waals surface area (Å²) in [6.07, 6.45) is 1.66. The molecule has 0 aromatic carbocycles. The first-order valence-corrected chi connectivity index (χ1v) is 6.28. The maximum Gasteiger partial charge on any atom is 0.350 e. The van der Waals surface area contributed by atoms with E-state index in [1.54, 1.807) is 12.3 Å². The zero-order valence-electron chi connectivity index (χ0n) is 10.4. The first kappa shape index (κ1) is 12.6. The predicted octanol–water partition coefficient (Wildman–Crippen LogP) is 2.45. The van der Waals surface area contributed by atoms with Gasteiger partial charge in [0.25, 0.3) is 0 Å². The molecule has 6 heteroatoms. The largest absolute Gasteiger partial charge is 0.489 e. The molecule has 0 saturated heterocycles. The Bertz CT molecular complexity index is 592. The number of aromatic nitrogens is 1. The number of thiophene rings is 1. The summed E-state index contributed by atoms with van der Waals surface area (Å²) < 4.78 is 11.1. The fraction of sp³-hybridized carbons (Fsp3) is 0.333. The highest BCUT2D eigenvalue weighted by Crippen LogP contribution is 2.38. The molecule has 2 aromatic rings. The summed E-state index contributed by atoms with van der Waals surface area (Å²) in [5.41, 5.74) is 6.83. The van der Waals surface area contributed by atoms with Gasteiger partial charge in [-0.1, -0.05) is 0 Å². The standard InChI is InChI=1S/C12H14N2O3S/c1-6(2)17-7-4-5-14-9-8(13)11(12(15)16-3)18-10(7)9/h4-6H,13H2,1-3H3. The van der Waals surface area contributed by atoms with E-state index in [1.807, 2.05) is 13.8 Å². The molecule has 96 valence electrons. The fourth-order valence-electron chi connectivity index (χ4n) is 1.58. The summed E-state index contributed by atoms with van der Waals surface area (Å²) in [6, 6.07) is 1.76. The Hall–Kier alpha value is -1.82. The number of fused-ring (bicyclic) bond motifs is 1. The molecule has 2 N–H and O–H groups in total. The van der Waals surface area contributed by atoms with E-state index in [1.165, 1.54) is 18.4 Å². The fourth-order valence-corrected chi connectivity index (χ4v) is 2.63. The Morgan fingerprint density at radius 3 is 2.83 bits per heavy atom. The van der Waals surface area contributed by atoms with E-state index in [9.17, 15) is 4.79 Å². The SMILES string of the molecule is COC(=O)c1sc2c(OC(C)C)ccnc2c1N. The molecule has 0 fully saturated rings. The number of anilines is 1. The number of nitrogen functional groups attached to an aromatic ring is 1. The van der Waals surface area contributed by atoms with Crippen LogP contribution in [-0.2, 0) is 4.74 Å². The molecule has 0 radical (unpaired) electrons. The number of hydrogen-bond donors (Lipinski definition) is 1. The van der Waals surface area contributed by atoms with Crippen molar-refractivity contribution in [1.82, 2.24) is 4.98 Å². The molecule has 0 saturated carbocycles. The molecule has 0 aliphatic rings. The van der Waals surface area contributed by atoms with Gasteiger partial charge in [0.1, 0.15) is 16.1 Å². The monoisotopic (exact) mass is 266 g/mol. The number of rotatable bonds is 3. The molecule has 5 nitrogen and oxygen atoms in total. The molecule has 18 heavy (non-hydrogen) atoms. The van der Waals surface area contributed by atoms with Crippen LogP contribution in [0.15, 0.2) is 12.3 Å². The van der Waals surface area contributed by atoms with Crippen LogP contribution in [0, 0.1) is 0 Å². The van der Waals surface area contributed by atoms with Gasteiger partial charge in [0.2, 0.25) is 0 Å². The van der Waals surface area contributed by atoms with E-state index < -0.39 is 5.97 Å². The predicted molar refractivity (Wildman–Crippen MR) is 71.1 cm³/mol. The molecule has 0 aliphatic heterocycles. The molecule has 2 rings (SSSR count). The van der Waals surface area contributed by atoms with E-state index in [0.29, 0.717) is 21.8 Å². The molecule has 0 aliphatic carbocycles. The minimum Gasteiger partial charge on any atom is -0.489 e. The summed E-state index contributed by atoms with van der Waals surface area (Å²) in [5.74, 6) is 0.229. The van der Waals surface area contributed by atoms with Crippen molar-refractivity contribution in [1.29, 1.82) is 0 Å². The van der Waals surface area contributed by atoms with Crippen molar-refractivity contribution < 1.29 is 14.3 Å². The van der Waals surface area contributed by atoms with Crippen molar-refractivity contribution >= 4 is 33.2 Å². The van der Waals surface area contributed by atoms with Crippen LogP contribution in [-0.4, -0.2) is 24.2 Å². The van der Waals surface area contributed by atoms with Gasteiger partial charge >= 0.3 is 5.97 Å². The van der Waals surface area contributed by atoms with E-state index >= 15 is 0 Å². The molecule has 2 aromatic heterocycles. The second-order valence-corrected chi connectivity index (χ2v) is 5.01. The lowest BCUT2D eigenvalue weighted by molar-refractivity contribution is 0.0607. The first-order valence-electron chi connectivity index (χ1n) is 5.46. The van der Waals surface area contributed by atoms with Gasteiger partial charge in [0.05, 0.1) is 23.6 Å². The van der Waals surface area contributed by atoms with Crippen LogP contribution in [0.1, 0.15) is 23.5 Å². The molecular weight excluding hydrogens is 252 g/mol. The number of ether oxygens (including phenoxy) is 2. The third kappa shape index (κ3) is 2.11. The highest BCUT2D eigenvalue weighted by atomic mass is 32.1. The summed E-state index contributed by atoms with van der Waals surface area (Å²) in [5, 5.41) is 0. The van der Waals surface area contributed by atoms with Crippen LogP contribution in [0.3, 0.4) is 0 Å². The van der Waals surface area contributed by atoms with E-state index in [2.05, 4.69) is 4.98 Å². The number of nitrogens with two attached hydrogens (primary N) is 1. The van der Waals surface area contributed by atoms with E-state index in [4.69, 9.17) is 15.2 Å². The summed E-state index contributed by atoms with van der Waals surface area (Å²) in [7, 11) is 1.32. The Labute approximate surface area is 109 Å². The smallest absolute Gasteiger partial charge is 0.350 e. The van der Waals surface area contributed by atoms with Gasteiger partial charge in [-0.05, 0) is 19.9 Å². The highest BCUT2D eigenvalue weighted by molar-refractivity contribution is 7.21. The highest BCUT2D eigenvalue weighted by Gasteiger charge is 2.20. The minimum atomic E-state index is -0.453. The van der Waals surface area contributed by atoms with Crippen LogP contribution >= 0.6 is 11.3 Å². The van der Waals surface area contributed by atoms with Crippen LogP contribution < -0.4 is 10.5 Å². The van der Waals surface area contributed by atoms with Gasteiger partial charge < -0.3 is 15.2 Å². The van der Waals surface area contributed by atoms with Crippen molar-refractivity contribution in [2.75, 3.05) is 12.8 Å². The Morgan fingerprint density at radius 1 is 1.50 bits per heavy atom. The van der Waals surface area contributed by atoms with Crippen molar-refractivity contribution in [3.63, 3.8) is 0 Å². The third-order valence-corrected chi connectivity index (χ3v) is 3.50. The van der Waals surface area contributed by atoms with E-state index in [-0.39, 0.29) is 6.10 Å². The number of esters is 1. The second-order valence-electron chi connectivity index (χ2n) is 3.99. The number of hydrogen-bond acceptors (Lipinski definition) is 6. The summed E-state index contributed by atoms with van der Waals surface area (Å²) in [4.78, 5) is 16.1. The maximum atomic E-state index is 11.6. The average Bonchev–Trinajstić information content (AvgIpc) is 2.67. The first-order chi connectivity index (χ1) is 8.54. The lowest BCUT2D eigenvalue weighted by Crippen LogP contribution is -2.05. The van der Waals surface area contributed by atoms with Gasteiger partial charge in [0.15, 0.2) is 0 Å². The van der Waals surface area contributed by atoms with Gasteiger partial charge in [-0.15, -0.1) is 11.3 Å². The topological polar surface area (TPSA) is 74.4 Å². The molecule has 0 atom stereocenters.